The summed E-state index contributed by atoms with van der Waals surface area (Å²) >= 11 is 0. The Morgan fingerprint density at radius 3 is 2.04 bits per heavy atom. The first-order valence-corrected chi connectivity index (χ1v) is 9.17. The molecule has 0 aliphatic carbocycles. The maximum atomic E-state index is 10.3. The lowest BCUT2D eigenvalue weighted by Gasteiger charge is -2.16. The monoisotopic (exact) mass is 310 g/mol. The highest BCUT2D eigenvalue weighted by Gasteiger charge is 2.12. The quantitative estimate of drug-likeness (QED) is 0.522. The number of aryl methyl sites for hydroxylation is 1. The highest BCUT2D eigenvalue weighted by molar-refractivity contribution is 5.74. The third kappa shape index (κ3) is 4.86. The van der Waals surface area contributed by atoms with Crippen molar-refractivity contribution in [2.75, 3.05) is 0 Å². The molecule has 1 heteroatoms. The predicted octanol–water partition coefficient (Wildman–Crippen LogP) is 6.52. The largest absolute Gasteiger partial charge is 0.507 e. The van der Waals surface area contributed by atoms with Crippen LogP contribution in [0, 0.1) is 0 Å². The van der Waals surface area contributed by atoms with Gasteiger partial charge in [0.05, 0.1) is 0 Å². The molecule has 1 nitrogen and oxygen atoms in total. The van der Waals surface area contributed by atoms with Gasteiger partial charge in [-0.05, 0) is 48.4 Å². The van der Waals surface area contributed by atoms with Crippen molar-refractivity contribution in [1.29, 1.82) is 0 Å². The van der Waals surface area contributed by atoms with Crippen molar-refractivity contribution >= 4 is 0 Å². The van der Waals surface area contributed by atoms with Crippen molar-refractivity contribution in [1.82, 2.24) is 0 Å². The highest BCUT2D eigenvalue weighted by Crippen LogP contribution is 2.34. The molecule has 0 spiro atoms. The average molecular weight is 310 g/mol. The first-order valence-electron chi connectivity index (χ1n) is 9.17. The second-order valence-electron chi connectivity index (χ2n) is 6.37. The summed E-state index contributed by atoms with van der Waals surface area (Å²) in [4.78, 5) is 0. The van der Waals surface area contributed by atoms with Crippen LogP contribution in [0.3, 0.4) is 0 Å². The van der Waals surface area contributed by atoms with Gasteiger partial charge in [0, 0.05) is 5.56 Å². The minimum atomic E-state index is 0.384. The maximum Gasteiger partial charge on any atom is 0.123 e. The van der Waals surface area contributed by atoms with Crippen molar-refractivity contribution in [2.45, 2.75) is 65.2 Å². The van der Waals surface area contributed by atoms with Gasteiger partial charge >= 0.3 is 0 Å². The molecular weight excluding hydrogens is 280 g/mol. The summed E-state index contributed by atoms with van der Waals surface area (Å²) < 4.78 is 0. The molecule has 0 radical (unpaired) electrons. The topological polar surface area (TPSA) is 20.2 Å². The van der Waals surface area contributed by atoms with E-state index in [9.17, 15) is 5.11 Å². The van der Waals surface area contributed by atoms with Gasteiger partial charge in [-0.2, -0.15) is 0 Å². The fraction of sp³-hybridized carbons (Fsp3) is 0.455. The number of benzene rings is 2. The van der Waals surface area contributed by atoms with Crippen LogP contribution >= 0.6 is 0 Å². The van der Waals surface area contributed by atoms with Gasteiger partial charge < -0.3 is 5.11 Å². The lowest BCUT2D eigenvalue weighted by molar-refractivity contribution is 0.477. The van der Waals surface area contributed by atoms with E-state index in [-0.39, 0.29) is 0 Å². The second kappa shape index (κ2) is 9.39. The van der Waals surface area contributed by atoms with E-state index in [4.69, 9.17) is 0 Å². The zero-order valence-electron chi connectivity index (χ0n) is 14.6. The Morgan fingerprint density at radius 1 is 0.696 bits per heavy atom. The molecule has 23 heavy (non-hydrogen) atoms. The van der Waals surface area contributed by atoms with E-state index in [1.54, 1.807) is 6.07 Å². The summed E-state index contributed by atoms with van der Waals surface area (Å²) in [6, 6.07) is 14.3. The van der Waals surface area contributed by atoms with Crippen LogP contribution in [0.4, 0.5) is 0 Å². The van der Waals surface area contributed by atoms with E-state index < -0.39 is 0 Å². The SMILES string of the molecule is CCCCCc1cccc(-c2ccccc2O)c1CCCCC. The molecule has 0 fully saturated rings. The molecule has 0 amide bonds. The number of para-hydroxylation sites is 1. The van der Waals surface area contributed by atoms with Gasteiger partial charge in [0.1, 0.15) is 5.75 Å². The van der Waals surface area contributed by atoms with Crippen LogP contribution in [0.25, 0.3) is 11.1 Å². The Balaban J connectivity index is 2.35. The molecular formula is C22H30O. The van der Waals surface area contributed by atoms with E-state index in [1.807, 2.05) is 18.2 Å². The van der Waals surface area contributed by atoms with Crippen molar-refractivity contribution < 1.29 is 5.11 Å². The number of hydrogen-bond acceptors (Lipinski definition) is 1. The molecule has 0 saturated carbocycles. The number of phenolic OH excluding ortho intramolecular Hbond substituents is 1. The molecule has 0 aliphatic heterocycles. The summed E-state index contributed by atoms with van der Waals surface area (Å²) in [6.07, 6.45) is 9.78. The van der Waals surface area contributed by atoms with Crippen LogP contribution in [0.15, 0.2) is 42.5 Å². The number of aromatic hydroxyl groups is 1. The van der Waals surface area contributed by atoms with Crippen molar-refractivity contribution in [3.63, 3.8) is 0 Å². The third-order valence-electron chi connectivity index (χ3n) is 4.55. The molecule has 1 N–H and O–H groups in total. The van der Waals surface area contributed by atoms with E-state index in [1.165, 1.54) is 55.2 Å². The van der Waals surface area contributed by atoms with Crippen LogP contribution in [-0.4, -0.2) is 5.11 Å². The summed E-state index contributed by atoms with van der Waals surface area (Å²) in [5, 5.41) is 10.3. The van der Waals surface area contributed by atoms with Gasteiger partial charge in [-0.3, -0.25) is 0 Å². The molecule has 2 aromatic rings. The highest BCUT2D eigenvalue weighted by atomic mass is 16.3. The minimum absolute atomic E-state index is 0.384. The normalized spacial score (nSPS) is 10.9. The molecule has 2 rings (SSSR count). The summed E-state index contributed by atoms with van der Waals surface area (Å²) in [5.74, 6) is 0.384. The molecule has 0 saturated heterocycles. The minimum Gasteiger partial charge on any atom is -0.507 e. The van der Waals surface area contributed by atoms with Crippen LogP contribution < -0.4 is 0 Å². The first-order chi connectivity index (χ1) is 11.3. The Labute approximate surface area is 141 Å². The Hall–Kier alpha value is -1.76. The Bertz CT molecular complexity index is 601. The molecule has 0 bridgehead atoms. The maximum absolute atomic E-state index is 10.3. The van der Waals surface area contributed by atoms with Crippen molar-refractivity contribution in [2.24, 2.45) is 0 Å². The van der Waals surface area contributed by atoms with Crippen LogP contribution in [0.1, 0.15) is 63.5 Å². The van der Waals surface area contributed by atoms with Crippen LogP contribution in [0.2, 0.25) is 0 Å². The molecule has 2 aromatic carbocycles. The van der Waals surface area contributed by atoms with E-state index >= 15 is 0 Å². The van der Waals surface area contributed by atoms with Crippen LogP contribution in [0.5, 0.6) is 5.75 Å². The molecule has 0 aliphatic rings. The second-order valence-corrected chi connectivity index (χ2v) is 6.37. The zero-order valence-corrected chi connectivity index (χ0v) is 14.6. The Kier molecular flexibility index (Phi) is 7.19. The first kappa shape index (κ1) is 17.6. The summed E-state index contributed by atoms with van der Waals surface area (Å²) in [6.45, 7) is 4.50. The standard InChI is InChI=1S/C22H30O/c1-3-5-7-12-18-13-11-16-20(19(18)14-8-6-4-2)21-15-9-10-17-22(21)23/h9-11,13,15-17,23H,3-8,12,14H2,1-2H3. The Morgan fingerprint density at radius 2 is 1.35 bits per heavy atom. The summed E-state index contributed by atoms with van der Waals surface area (Å²) in [7, 11) is 0. The number of hydrogen-bond donors (Lipinski definition) is 1. The van der Waals surface area contributed by atoms with E-state index in [0.29, 0.717) is 5.75 Å². The van der Waals surface area contributed by atoms with Crippen LogP contribution in [-0.2, 0) is 12.8 Å². The van der Waals surface area contributed by atoms with Crippen molar-refractivity contribution in [3.8, 4) is 16.9 Å². The number of rotatable bonds is 9. The zero-order chi connectivity index (χ0) is 16.5. The van der Waals surface area contributed by atoms with Gasteiger partial charge in [-0.25, -0.2) is 0 Å². The lowest BCUT2D eigenvalue weighted by Crippen LogP contribution is -1.99. The van der Waals surface area contributed by atoms with Gasteiger partial charge in [0.15, 0.2) is 0 Å². The van der Waals surface area contributed by atoms with Gasteiger partial charge in [-0.1, -0.05) is 75.9 Å². The predicted molar refractivity (Wildman–Crippen MR) is 100 cm³/mol. The van der Waals surface area contributed by atoms with Crippen molar-refractivity contribution in [3.05, 3.63) is 53.6 Å². The summed E-state index contributed by atoms with van der Waals surface area (Å²) in [5.41, 5.74) is 5.10. The smallest absolute Gasteiger partial charge is 0.123 e. The molecule has 124 valence electrons. The van der Waals surface area contributed by atoms with E-state index in [2.05, 4.69) is 32.0 Å². The molecule has 0 unspecified atom stereocenters. The number of unbranched alkanes of at least 4 members (excludes halogenated alkanes) is 4. The average Bonchev–Trinajstić information content (AvgIpc) is 2.57. The van der Waals surface area contributed by atoms with Gasteiger partial charge in [-0.15, -0.1) is 0 Å². The van der Waals surface area contributed by atoms with E-state index in [0.717, 1.165) is 18.4 Å². The third-order valence-corrected chi connectivity index (χ3v) is 4.55. The number of phenols is 1. The fourth-order valence-corrected chi connectivity index (χ4v) is 3.24. The fourth-order valence-electron chi connectivity index (χ4n) is 3.24. The van der Waals surface area contributed by atoms with Gasteiger partial charge in [0.2, 0.25) is 0 Å². The molecule has 0 heterocycles. The molecule has 0 atom stereocenters. The molecule has 0 aromatic heterocycles. The lowest BCUT2D eigenvalue weighted by atomic mass is 9.89. The van der Waals surface area contributed by atoms with Gasteiger partial charge in [0.25, 0.3) is 0 Å².